The minimum Gasteiger partial charge on any atom is -0.467 e. The number of methoxy groups -OCH3 is 1. The molecule has 0 radical (unpaired) electrons. The van der Waals surface area contributed by atoms with Gasteiger partial charge in [0.15, 0.2) is 0 Å². The highest BCUT2D eigenvalue weighted by atomic mass is 79.9. The Balaban J connectivity index is 2.40. The van der Waals surface area contributed by atoms with Crippen LogP contribution in [-0.2, 0) is 15.1 Å². The highest BCUT2D eigenvalue weighted by molar-refractivity contribution is 9.10. The van der Waals surface area contributed by atoms with Gasteiger partial charge >= 0.3 is 5.97 Å². The monoisotopic (exact) mass is 315 g/mol. The number of nitrogens with one attached hydrogen (secondary N) is 1. The van der Waals surface area contributed by atoms with Gasteiger partial charge in [-0.25, -0.2) is 9.18 Å². The molecule has 1 aliphatic rings. The molecule has 0 heterocycles. The lowest BCUT2D eigenvalue weighted by molar-refractivity contribution is -0.148. The summed E-state index contributed by atoms with van der Waals surface area (Å²) in [6, 6.07) is 4.93. The van der Waals surface area contributed by atoms with Gasteiger partial charge in [-0.2, -0.15) is 0 Å². The molecule has 98 valence electrons. The molecule has 1 aromatic rings. The highest BCUT2D eigenvalue weighted by Gasteiger charge is 2.42. The van der Waals surface area contributed by atoms with Crippen molar-refractivity contribution in [2.45, 2.75) is 31.3 Å². The maximum atomic E-state index is 14.0. The van der Waals surface area contributed by atoms with E-state index in [2.05, 4.69) is 21.2 Å². The van der Waals surface area contributed by atoms with Crippen LogP contribution in [0.2, 0.25) is 0 Å². The second-order valence-corrected chi connectivity index (χ2v) is 5.58. The lowest BCUT2D eigenvalue weighted by Gasteiger charge is -2.29. The molecular weight excluding hydrogens is 301 g/mol. The summed E-state index contributed by atoms with van der Waals surface area (Å²) in [7, 11) is 1.31. The summed E-state index contributed by atoms with van der Waals surface area (Å²) >= 11 is 3.20. The van der Waals surface area contributed by atoms with Gasteiger partial charge in [0.2, 0.25) is 0 Å². The van der Waals surface area contributed by atoms with Crippen molar-refractivity contribution in [3.05, 3.63) is 34.1 Å². The fourth-order valence-corrected chi connectivity index (χ4v) is 2.31. The quantitative estimate of drug-likeness (QED) is 0.868. The smallest absolute Gasteiger partial charge is 0.330 e. The molecular formula is C13H15BrFNO2. The molecule has 0 amide bonds. The van der Waals surface area contributed by atoms with Crippen molar-refractivity contribution in [3.8, 4) is 0 Å². The molecule has 2 rings (SSSR count). The standard InChI is InChI=1S/C13H15BrFNO2/c1-13(12(17)18-2,16-9-4-5-9)10-6-3-8(14)7-11(10)15/h3,6-7,9,16H,4-5H2,1-2H3. The van der Waals surface area contributed by atoms with Crippen LogP contribution >= 0.6 is 15.9 Å². The SMILES string of the molecule is COC(=O)C(C)(NC1CC1)c1ccc(Br)cc1F. The van der Waals surface area contributed by atoms with E-state index in [1.165, 1.54) is 13.2 Å². The Morgan fingerprint density at radius 2 is 2.22 bits per heavy atom. The van der Waals surface area contributed by atoms with Crippen molar-refractivity contribution < 1.29 is 13.9 Å². The molecule has 0 saturated heterocycles. The van der Waals surface area contributed by atoms with Crippen LogP contribution in [0, 0.1) is 5.82 Å². The average Bonchev–Trinajstić information content (AvgIpc) is 3.11. The van der Waals surface area contributed by atoms with E-state index < -0.39 is 17.3 Å². The topological polar surface area (TPSA) is 38.3 Å². The van der Waals surface area contributed by atoms with E-state index in [9.17, 15) is 9.18 Å². The molecule has 18 heavy (non-hydrogen) atoms. The summed E-state index contributed by atoms with van der Waals surface area (Å²) in [4.78, 5) is 12.0. The third-order valence-electron chi connectivity index (χ3n) is 3.13. The largest absolute Gasteiger partial charge is 0.467 e. The van der Waals surface area contributed by atoms with Gasteiger partial charge in [0.05, 0.1) is 7.11 Å². The Kier molecular flexibility index (Phi) is 3.73. The van der Waals surface area contributed by atoms with Gasteiger partial charge in [0.25, 0.3) is 0 Å². The Morgan fingerprint density at radius 3 is 2.72 bits per heavy atom. The summed E-state index contributed by atoms with van der Waals surface area (Å²) in [5.74, 6) is -0.902. The van der Waals surface area contributed by atoms with Gasteiger partial charge in [-0.3, -0.25) is 5.32 Å². The molecule has 0 spiro atoms. The van der Waals surface area contributed by atoms with Crippen molar-refractivity contribution in [3.63, 3.8) is 0 Å². The zero-order valence-corrected chi connectivity index (χ0v) is 11.9. The molecule has 1 fully saturated rings. The van der Waals surface area contributed by atoms with Gasteiger partial charge in [-0.05, 0) is 31.9 Å². The molecule has 0 bridgehead atoms. The molecule has 1 aliphatic carbocycles. The maximum absolute atomic E-state index is 14.0. The number of ether oxygens (including phenoxy) is 1. The maximum Gasteiger partial charge on any atom is 0.330 e. The first-order valence-electron chi connectivity index (χ1n) is 5.79. The average molecular weight is 316 g/mol. The minimum absolute atomic E-state index is 0.261. The van der Waals surface area contributed by atoms with Gasteiger partial charge in [0, 0.05) is 16.1 Å². The number of hydrogen-bond acceptors (Lipinski definition) is 3. The van der Waals surface area contributed by atoms with Gasteiger partial charge < -0.3 is 4.74 Å². The molecule has 3 nitrogen and oxygen atoms in total. The summed E-state index contributed by atoms with van der Waals surface area (Å²) in [6.07, 6.45) is 2.01. The second-order valence-electron chi connectivity index (χ2n) is 4.66. The summed E-state index contributed by atoms with van der Waals surface area (Å²) in [6.45, 7) is 1.66. The van der Waals surface area contributed by atoms with Crippen molar-refractivity contribution >= 4 is 21.9 Å². The third-order valence-corrected chi connectivity index (χ3v) is 3.63. The normalized spacial score (nSPS) is 18.2. The molecule has 1 saturated carbocycles. The van der Waals surface area contributed by atoms with E-state index in [-0.39, 0.29) is 6.04 Å². The Morgan fingerprint density at radius 1 is 1.56 bits per heavy atom. The number of carbonyl (C=O) groups excluding carboxylic acids is 1. The first kappa shape index (κ1) is 13.5. The van der Waals surface area contributed by atoms with E-state index in [0.717, 1.165) is 12.8 Å². The summed E-state index contributed by atoms with van der Waals surface area (Å²) in [5, 5.41) is 3.16. The number of benzene rings is 1. The number of halogens is 2. The van der Waals surface area contributed by atoms with E-state index in [0.29, 0.717) is 10.0 Å². The summed E-state index contributed by atoms with van der Waals surface area (Å²) < 4.78 is 19.5. The van der Waals surface area contributed by atoms with Crippen LogP contribution in [0.1, 0.15) is 25.3 Å². The summed E-state index contributed by atoms with van der Waals surface area (Å²) in [5.41, 5.74) is -0.829. The second kappa shape index (κ2) is 4.97. The van der Waals surface area contributed by atoms with Crippen LogP contribution in [0.5, 0.6) is 0 Å². The molecule has 0 aromatic heterocycles. The van der Waals surface area contributed by atoms with E-state index in [1.807, 2.05) is 0 Å². The Labute approximate surface area is 114 Å². The predicted octanol–water partition coefficient (Wildman–Crippen LogP) is 2.73. The number of carbonyl (C=O) groups is 1. The van der Waals surface area contributed by atoms with Crippen LogP contribution < -0.4 is 5.32 Å². The van der Waals surface area contributed by atoms with E-state index >= 15 is 0 Å². The first-order chi connectivity index (χ1) is 8.47. The Bertz CT molecular complexity index is 476. The molecule has 1 aromatic carbocycles. The molecule has 0 aliphatic heterocycles. The highest BCUT2D eigenvalue weighted by Crippen LogP contribution is 2.32. The first-order valence-corrected chi connectivity index (χ1v) is 6.58. The van der Waals surface area contributed by atoms with Crippen LogP contribution in [0.4, 0.5) is 4.39 Å². The van der Waals surface area contributed by atoms with Crippen LogP contribution in [0.3, 0.4) is 0 Å². The minimum atomic E-state index is -1.14. The van der Waals surface area contributed by atoms with Crippen molar-refractivity contribution in [2.24, 2.45) is 0 Å². The van der Waals surface area contributed by atoms with Crippen molar-refractivity contribution in [1.29, 1.82) is 0 Å². The van der Waals surface area contributed by atoms with Crippen molar-refractivity contribution in [2.75, 3.05) is 7.11 Å². The van der Waals surface area contributed by atoms with Gasteiger partial charge in [-0.15, -0.1) is 0 Å². The van der Waals surface area contributed by atoms with Crippen molar-refractivity contribution in [1.82, 2.24) is 5.32 Å². The lowest BCUT2D eigenvalue weighted by Crippen LogP contribution is -2.49. The molecule has 5 heteroatoms. The zero-order valence-electron chi connectivity index (χ0n) is 10.3. The lowest BCUT2D eigenvalue weighted by atomic mass is 9.91. The fourth-order valence-electron chi connectivity index (χ4n) is 1.98. The number of hydrogen-bond donors (Lipinski definition) is 1. The van der Waals surface area contributed by atoms with Crippen LogP contribution in [0.15, 0.2) is 22.7 Å². The fraction of sp³-hybridized carbons (Fsp3) is 0.462. The van der Waals surface area contributed by atoms with Crippen LogP contribution in [-0.4, -0.2) is 19.1 Å². The van der Waals surface area contributed by atoms with Gasteiger partial charge in [0.1, 0.15) is 11.4 Å². The molecule has 1 unspecified atom stereocenters. The third kappa shape index (κ3) is 2.57. The van der Waals surface area contributed by atoms with Gasteiger partial charge in [-0.1, -0.05) is 22.0 Å². The molecule has 1 N–H and O–H groups in total. The predicted molar refractivity (Wildman–Crippen MR) is 69.6 cm³/mol. The Hall–Kier alpha value is -0.940. The molecule has 1 atom stereocenters. The van der Waals surface area contributed by atoms with E-state index in [1.54, 1.807) is 19.1 Å². The zero-order chi connectivity index (χ0) is 13.3. The van der Waals surface area contributed by atoms with E-state index in [4.69, 9.17) is 4.74 Å². The van der Waals surface area contributed by atoms with Crippen LogP contribution in [0.25, 0.3) is 0 Å². The number of rotatable bonds is 4. The number of esters is 1.